The van der Waals surface area contributed by atoms with Crippen molar-refractivity contribution in [3.8, 4) is 0 Å². The van der Waals surface area contributed by atoms with E-state index in [0.29, 0.717) is 6.54 Å². The SMILES string of the molecule is CN=C(NCc1cccs1)NCC(C)(C)OC.I. The lowest BCUT2D eigenvalue weighted by molar-refractivity contribution is 0.0268. The van der Waals surface area contributed by atoms with Gasteiger partial charge in [-0.1, -0.05) is 6.07 Å². The molecule has 2 N–H and O–H groups in total. The Morgan fingerprint density at radius 3 is 2.67 bits per heavy atom. The lowest BCUT2D eigenvalue weighted by atomic mass is 10.1. The summed E-state index contributed by atoms with van der Waals surface area (Å²) in [5.74, 6) is 0.795. The first-order valence-electron chi connectivity index (χ1n) is 5.59. The van der Waals surface area contributed by atoms with Crippen molar-refractivity contribution in [3.63, 3.8) is 0 Å². The van der Waals surface area contributed by atoms with E-state index in [0.717, 1.165) is 12.5 Å². The summed E-state index contributed by atoms with van der Waals surface area (Å²) in [7, 11) is 3.48. The minimum atomic E-state index is -0.194. The number of ether oxygens (including phenoxy) is 1. The molecular weight excluding hydrogens is 361 g/mol. The van der Waals surface area contributed by atoms with Gasteiger partial charge in [-0.2, -0.15) is 0 Å². The molecule has 1 aromatic heterocycles. The fraction of sp³-hybridized carbons (Fsp3) is 0.583. The minimum Gasteiger partial charge on any atom is -0.377 e. The van der Waals surface area contributed by atoms with Crippen LogP contribution in [-0.4, -0.2) is 32.3 Å². The monoisotopic (exact) mass is 383 g/mol. The molecule has 0 spiro atoms. The van der Waals surface area contributed by atoms with E-state index in [2.05, 4.69) is 27.1 Å². The molecule has 0 amide bonds. The van der Waals surface area contributed by atoms with Crippen LogP contribution in [0.4, 0.5) is 0 Å². The Kier molecular flexibility index (Phi) is 8.54. The number of hydrogen-bond donors (Lipinski definition) is 2. The van der Waals surface area contributed by atoms with Crippen molar-refractivity contribution in [2.24, 2.45) is 4.99 Å². The van der Waals surface area contributed by atoms with Gasteiger partial charge in [-0.25, -0.2) is 0 Å². The molecule has 0 aliphatic carbocycles. The van der Waals surface area contributed by atoms with Crippen LogP contribution in [0.15, 0.2) is 22.5 Å². The Labute approximate surface area is 130 Å². The average Bonchev–Trinajstić information content (AvgIpc) is 2.82. The van der Waals surface area contributed by atoms with E-state index in [1.807, 2.05) is 19.9 Å². The van der Waals surface area contributed by atoms with Crippen molar-refractivity contribution in [2.75, 3.05) is 20.7 Å². The molecule has 0 atom stereocenters. The van der Waals surface area contributed by atoms with Gasteiger partial charge in [0.1, 0.15) is 0 Å². The molecule has 1 heterocycles. The van der Waals surface area contributed by atoms with Crippen LogP contribution in [0.3, 0.4) is 0 Å². The van der Waals surface area contributed by atoms with Gasteiger partial charge in [-0.3, -0.25) is 4.99 Å². The largest absolute Gasteiger partial charge is 0.377 e. The number of methoxy groups -OCH3 is 1. The summed E-state index contributed by atoms with van der Waals surface area (Å²) in [6, 6.07) is 4.15. The molecular formula is C12H22IN3OS. The van der Waals surface area contributed by atoms with Crippen molar-refractivity contribution < 1.29 is 4.74 Å². The Bertz CT molecular complexity index is 352. The normalized spacial score (nSPS) is 11.9. The van der Waals surface area contributed by atoms with Gasteiger partial charge in [-0.15, -0.1) is 35.3 Å². The van der Waals surface area contributed by atoms with E-state index in [1.165, 1.54) is 4.88 Å². The smallest absolute Gasteiger partial charge is 0.191 e. The van der Waals surface area contributed by atoms with Crippen LogP contribution in [0.25, 0.3) is 0 Å². The zero-order chi connectivity index (χ0) is 12.7. The number of aliphatic imine (C=N–C) groups is 1. The van der Waals surface area contributed by atoms with Gasteiger partial charge in [0, 0.05) is 25.6 Å². The lowest BCUT2D eigenvalue weighted by Gasteiger charge is -2.24. The quantitative estimate of drug-likeness (QED) is 0.467. The highest BCUT2D eigenvalue weighted by Gasteiger charge is 2.16. The molecule has 0 aliphatic heterocycles. The third kappa shape index (κ3) is 6.55. The third-order valence-corrected chi connectivity index (χ3v) is 3.34. The first-order valence-corrected chi connectivity index (χ1v) is 6.47. The highest BCUT2D eigenvalue weighted by Crippen LogP contribution is 2.07. The summed E-state index contributed by atoms with van der Waals surface area (Å²) >= 11 is 1.73. The molecule has 0 fully saturated rings. The zero-order valence-corrected chi connectivity index (χ0v) is 14.5. The maximum Gasteiger partial charge on any atom is 0.191 e. The predicted molar refractivity (Wildman–Crippen MR) is 89.0 cm³/mol. The van der Waals surface area contributed by atoms with Crippen LogP contribution >= 0.6 is 35.3 Å². The van der Waals surface area contributed by atoms with E-state index < -0.39 is 0 Å². The highest BCUT2D eigenvalue weighted by atomic mass is 127. The van der Waals surface area contributed by atoms with Crippen molar-refractivity contribution in [2.45, 2.75) is 26.0 Å². The molecule has 0 unspecified atom stereocenters. The van der Waals surface area contributed by atoms with E-state index >= 15 is 0 Å². The van der Waals surface area contributed by atoms with Crippen molar-refractivity contribution >= 4 is 41.3 Å². The standard InChI is InChI=1S/C12H21N3OS.HI/c1-12(2,16-4)9-15-11(13-3)14-8-10-6-5-7-17-10;/h5-7H,8-9H2,1-4H3,(H2,13,14,15);1H. The van der Waals surface area contributed by atoms with E-state index in [-0.39, 0.29) is 29.6 Å². The fourth-order valence-electron chi connectivity index (χ4n) is 1.17. The number of nitrogens with zero attached hydrogens (tertiary/aromatic N) is 1. The predicted octanol–water partition coefficient (Wildman–Crippen LogP) is 2.46. The van der Waals surface area contributed by atoms with Crippen LogP contribution < -0.4 is 10.6 Å². The number of thiophene rings is 1. The second kappa shape index (κ2) is 8.71. The van der Waals surface area contributed by atoms with E-state index in [9.17, 15) is 0 Å². The van der Waals surface area contributed by atoms with Crippen molar-refractivity contribution in [3.05, 3.63) is 22.4 Å². The molecule has 0 saturated carbocycles. The van der Waals surface area contributed by atoms with Gasteiger partial charge in [0.25, 0.3) is 0 Å². The Balaban J connectivity index is 0.00000289. The number of guanidine groups is 1. The molecule has 6 heteroatoms. The van der Waals surface area contributed by atoms with Gasteiger partial charge in [-0.05, 0) is 25.3 Å². The fourth-order valence-corrected chi connectivity index (χ4v) is 1.82. The molecule has 4 nitrogen and oxygen atoms in total. The summed E-state index contributed by atoms with van der Waals surface area (Å²) in [5.41, 5.74) is -0.194. The Morgan fingerprint density at radius 2 is 2.17 bits per heavy atom. The van der Waals surface area contributed by atoms with Crippen LogP contribution in [0.1, 0.15) is 18.7 Å². The van der Waals surface area contributed by atoms with E-state index in [4.69, 9.17) is 4.74 Å². The molecule has 0 aromatic carbocycles. The van der Waals surface area contributed by atoms with Crippen molar-refractivity contribution in [1.29, 1.82) is 0 Å². The van der Waals surface area contributed by atoms with Gasteiger partial charge < -0.3 is 15.4 Å². The Morgan fingerprint density at radius 1 is 1.44 bits per heavy atom. The molecule has 0 saturated heterocycles. The molecule has 104 valence electrons. The zero-order valence-electron chi connectivity index (χ0n) is 11.3. The number of nitrogens with one attached hydrogen (secondary N) is 2. The maximum absolute atomic E-state index is 5.34. The number of rotatable bonds is 5. The minimum absolute atomic E-state index is 0. The van der Waals surface area contributed by atoms with Crippen LogP contribution in [0.2, 0.25) is 0 Å². The summed E-state index contributed by atoms with van der Waals surface area (Å²) in [6.07, 6.45) is 0. The van der Waals surface area contributed by atoms with Gasteiger partial charge in [0.05, 0.1) is 12.1 Å². The van der Waals surface area contributed by atoms with Crippen molar-refractivity contribution in [1.82, 2.24) is 10.6 Å². The van der Waals surface area contributed by atoms with Gasteiger partial charge in [0.2, 0.25) is 0 Å². The lowest BCUT2D eigenvalue weighted by Crippen LogP contribution is -2.44. The maximum atomic E-state index is 5.34. The molecule has 0 bridgehead atoms. The highest BCUT2D eigenvalue weighted by molar-refractivity contribution is 14.0. The second-order valence-electron chi connectivity index (χ2n) is 4.32. The summed E-state index contributed by atoms with van der Waals surface area (Å²) < 4.78 is 5.34. The van der Waals surface area contributed by atoms with Gasteiger partial charge in [0.15, 0.2) is 5.96 Å². The van der Waals surface area contributed by atoms with Crippen LogP contribution in [0.5, 0.6) is 0 Å². The summed E-state index contributed by atoms with van der Waals surface area (Å²) in [4.78, 5) is 5.46. The van der Waals surface area contributed by atoms with E-state index in [1.54, 1.807) is 25.5 Å². The summed E-state index contributed by atoms with van der Waals surface area (Å²) in [6.45, 7) is 5.58. The Hall–Kier alpha value is -0.340. The summed E-state index contributed by atoms with van der Waals surface area (Å²) in [5, 5.41) is 8.57. The molecule has 0 aliphatic rings. The third-order valence-electron chi connectivity index (χ3n) is 2.47. The average molecular weight is 383 g/mol. The second-order valence-corrected chi connectivity index (χ2v) is 5.35. The first-order chi connectivity index (χ1) is 8.07. The van der Waals surface area contributed by atoms with Gasteiger partial charge >= 0.3 is 0 Å². The van der Waals surface area contributed by atoms with Crippen LogP contribution in [0, 0.1) is 0 Å². The molecule has 0 radical (unpaired) electrons. The van der Waals surface area contributed by atoms with Crippen LogP contribution in [-0.2, 0) is 11.3 Å². The molecule has 18 heavy (non-hydrogen) atoms. The number of halogens is 1. The molecule has 1 aromatic rings. The first kappa shape index (κ1) is 17.7. The molecule has 1 rings (SSSR count). The topological polar surface area (TPSA) is 45.7 Å². The number of hydrogen-bond acceptors (Lipinski definition) is 3.